The predicted octanol–water partition coefficient (Wildman–Crippen LogP) is 4.52. The number of carbonyl (C=O) groups excluding carboxylic acids is 2. The highest BCUT2D eigenvalue weighted by Crippen LogP contribution is 2.35. The molecule has 178 valence electrons. The van der Waals surface area contributed by atoms with Crippen LogP contribution in [0.3, 0.4) is 0 Å². The summed E-state index contributed by atoms with van der Waals surface area (Å²) in [5.41, 5.74) is 5.09. The van der Waals surface area contributed by atoms with E-state index in [1.165, 1.54) is 0 Å². The minimum absolute atomic E-state index is 0.0103. The van der Waals surface area contributed by atoms with Gasteiger partial charge in [-0.2, -0.15) is 5.26 Å². The maximum Gasteiger partial charge on any atom is 0.410 e. The molecule has 1 fully saturated rings. The average Bonchev–Trinajstić information content (AvgIpc) is 3.26. The Labute approximate surface area is 200 Å². The highest BCUT2D eigenvalue weighted by Gasteiger charge is 2.30. The van der Waals surface area contributed by atoms with Gasteiger partial charge in [-0.05, 0) is 79.6 Å². The number of fused-ring (bicyclic) bond motifs is 1. The highest BCUT2D eigenvalue weighted by atomic mass is 16.6. The summed E-state index contributed by atoms with van der Waals surface area (Å²) < 4.78 is 11.0. The molecule has 2 heterocycles. The Hall–Kier alpha value is -3.37. The Bertz CT molecular complexity index is 1110. The highest BCUT2D eigenvalue weighted by molar-refractivity contribution is 5.79. The van der Waals surface area contributed by atoms with Gasteiger partial charge in [-0.1, -0.05) is 18.2 Å². The molecule has 2 aromatic rings. The zero-order chi connectivity index (χ0) is 24.3. The quantitative estimate of drug-likeness (QED) is 0.723. The molecule has 2 amide bonds. The third kappa shape index (κ3) is 5.57. The maximum absolute atomic E-state index is 12.7. The van der Waals surface area contributed by atoms with E-state index >= 15 is 0 Å². The van der Waals surface area contributed by atoms with Crippen molar-refractivity contribution in [2.45, 2.75) is 58.8 Å². The molecule has 2 aliphatic rings. The number of nitriles is 1. The molecule has 0 aliphatic carbocycles. The van der Waals surface area contributed by atoms with Crippen LogP contribution in [0, 0.1) is 17.2 Å². The van der Waals surface area contributed by atoms with Crippen molar-refractivity contribution < 1.29 is 19.1 Å². The molecule has 7 nitrogen and oxygen atoms in total. The molecule has 0 bridgehead atoms. The molecule has 0 saturated carbocycles. The van der Waals surface area contributed by atoms with Gasteiger partial charge in [0.1, 0.15) is 5.60 Å². The number of ether oxygens (including phenoxy) is 2. The van der Waals surface area contributed by atoms with Gasteiger partial charge in [0.2, 0.25) is 5.91 Å². The summed E-state index contributed by atoms with van der Waals surface area (Å²) in [5, 5.41) is 12.2. The molecule has 7 heteroatoms. The molecular formula is C27H31N3O4. The maximum atomic E-state index is 12.7. The monoisotopic (exact) mass is 461 g/mol. The van der Waals surface area contributed by atoms with Crippen LogP contribution < -0.4 is 5.32 Å². The van der Waals surface area contributed by atoms with E-state index in [1.54, 1.807) is 17.0 Å². The van der Waals surface area contributed by atoms with Crippen LogP contribution in [0.15, 0.2) is 36.4 Å². The van der Waals surface area contributed by atoms with E-state index < -0.39 is 5.60 Å². The van der Waals surface area contributed by atoms with Crippen LogP contribution in [-0.4, -0.2) is 35.7 Å². The third-order valence-electron chi connectivity index (χ3n) is 6.15. The molecular weight excluding hydrogens is 430 g/mol. The average molecular weight is 462 g/mol. The van der Waals surface area contributed by atoms with Gasteiger partial charge in [-0.15, -0.1) is 0 Å². The Kier molecular flexibility index (Phi) is 6.90. The summed E-state index contributed by atoms with van der Waals surface area (Å²) in [6.07, 6.45) is 1.15. The third-order valence-corrected chi connectivity index (χ3v) is 6.15. The van der Waals surface area contributed by atoms with Gasteiger partial charge >= 0.3 is 6.09 Å². The van der Waals surface area contributed by atoms with E-state index in [2.05, 4.69) is 23.5 Å². The van der Waals surface area contributed by atoms with Gasteiger partial charge in [0.05, 0.1) is 18.2 Å². The number of nitrogens with zero attached hydrogens (tertiary/aromatic N) is 2. The van der Waals surface area contributed by atoms with Crippen molar-refractivity contribution in [3.63, 3.8) is 0 Å². The second kappa shape index (κ2) is 9.86. The Balaban J connectivity index is 1.59. The smallest absolute Gasteiger partial charge is 0.410 e. The van der Waals surface area contributed by atoms with Crippen molar-refractivity contribution in [1.82, 2.24) is 10.2 Å². The molecule has 0 aromatic heterocycles. The van der Waals surface area contributed by atoms with E-state index in [1.807, 2.05) is 32.9 Å². The first-order valence-electron chi connectivity index (χ1n) is 11.7. The largest absolute Gasteiger partial charge is 0.444 e. The topological polar surface area (TPSA) is 91.7 Å². The van der Waals surface area contributed by atoms with Crippen LogP contribution in [0.4, 0.5) is 4.79 Å². The summed E-state index contributed by atoms with van der Waals surface area (Å²) in [5.74, 6) is 0.0444. The van der Waals surface area contributed by atoms with Crippen molar-refractivity contribution in [2.24, 2.45) is 5.92 Å². The first-order chi connectivity index (χ1) is 16.2. The number of hydrogen-bond acceptors (Lipinski definition) is 5. The normalized spacial score (nSPS) is 16.0. The number of hydrogen-bond donors (Lipinski definition) is 1. The summed E-state index contributed by atoms with van der Waals surface area (Å²) in [6.45, 7) is 8.14. The summed E-state index contributed by atoms with van der Waals surface area (Å²) in [7, 11) is 0. The molecule has 0 atom stereocenters. The van der Waals surface area contributed by atoms with Gasteiger partial charge < -0.3 is 14.8 Å². The fourth-order valence-corrected chi connectivity index (χ4v) is 4.41. The number of carbonyl (C=O) groups is 2. The molecule has 0 radical (unpaired) electrons. The summed E-state index contributed by atoms with van der Waals surface area (Å²) in [4.78, 5) is 27.1. The zero-order valence-electron chi connectivity index (χ0n) is 20.0. The lowest BCUT2D eigenvalue weighted by Crippen LogP contribution is -2.33. The molecule has 1 N–H and O–H groups in total. The standard InChI is InChI=1S/C27H31N3O4/c1-27(2,3)34-26(32)30-16-22-12-19(15-29-25(31)21-8-10-33-11-9-21)13-23(24(22)17-30)20-6-4-18(14-28)5-7-20/h4-7,12-13,21H,8-11,15-17H2,1-3H3,(H,29,31). The van der Waals surface area contributed by atoms with Crippen LogP contribution in [0.5, 0.6) is 0 Å². The lowest BCUT2D eigenvalue weighted by molar-refractivity contribution is -0.128. The second-order valence-corrected chi connectivity index (χ2v) is 9.91. The van der Waals surface area contributed by atoms with Crippen LogP contribution in [0.2, 0.25) is 0 Å². The first-order valence-corrected chi connectivity index (χ1v) is 11.7. The molecule has 34 heavy (non-hydrogen) atoms. The van der Waals surface area contributed by atoms with Crippen LogP contribution >= 0.6 is 0 Å². The Morgan fingerprint density at radius 3 is 2.50 bits per heavy atom. The van der Waals surface area contributed by atoms with Gasteiger partial charge in [0.15, 0.2) is 0 Å². The molecule has 0 unspecified atom stereocenters. The fourth-order valence-electron chi connectivity index (χ4n) is 4.41. The van der Waals surface area contributed by atoms with Crippen LogP contribution in [0.1, 0.15) is 55.9 Å². The molecule has 0 spiro atoms. The van der Waals surface area contributed by atoms with E-state index in [0.29, 0.717) is 38.4 Å². The number of nitrogens with one attached hydrogen (secondary N) is 1. The lowest BCUT2D eigenvalue weighted by atomic mass is 9.93. The van der Waals surface area contributed by atoms with Gasteiger partial charge in [-0.3, -0.25) is 9.69 Å². The fraction of sp³-hybridized carbons (Fsp3) is 0.444. The molecule has 4 rings (SSSR count). The van der Waals surface area contributed by atoms with Crippen molar-refractivity contribution in [3.05, 3.63) is 58.7 Å². The lowest BCUT2D eigenvalue weighted by Gasteiger charge is -2.24. The van der Waals surface area contributed by atoms with Crippen LogP contribution in [-0.2, 0) is 33.9 Å². The number of benzene rings is 2. The summed E-state index contributed by atoms with van der Waals surface area (Å²) >= 11 is 0. The van der Waals surface area contributed by atoms with Gasteiger partial charge in [0, 0.05) is 32.2 Å². The van der Waals surface area contributed by atoms with E-state index in [4.69, 9.17) is 14.7 Å². The minimum Gasteiger partial charge on any atom is -0.444 e. The predicted molar refractivity (Wildman–Crippen MR) is 127 cm³/mol. The van der Waals surface area contributed by atoms with Crippen molar-refractivity contribution in [3.8, 4) is 17.2 Å². The van der Waals surface area contributed by atoms with Crippen LogP contribution in [0.25, 0.3) is 11.1 Å². The van der Waals surface area contributed by atoms with Crippen molar-refractivity contribution >= 4 is 12.0 Å². The zero-order valence-corrected chi connectivity index (χ0v) is 20.0. The molecule has 2 aliphatic heterocycles. The SMILES string of the molecule is CC(C)(C)OC(=O)N1Cc2cc(CNC(=O)C3CCOCC3)cc(-c3ccc(C#N)cc3)c2C1. The number of amides is 2. The minimum atomic E-state index is -0.568. The van der Waals surface area contributed by atoms with Gasteiger partial charge in [-0.25, -0.2) is 4.79 Å². The molecule has 2 aromatic carbocycles. The van der Waals surface area contributed by atoms with Gasteiger partial charge in [0.25, 0.3) is 0 Å². The molecule has 1 saturated heterocycles. The van der Waals surface area contributed by atoms with E-state index in [-0.39, 0.29) is 17.9 Å². The van der Waals surface area contributed by atoms with E-state index in [0.717, 1.165) is 40.7 Å². The second-order valence-electron chi connectivity index (χ2n) is 9.91. The van der Waals surface area contributed by atoms with E-state index in [9.17, 15) is 9.59 Å². The first kappa shape index (κ1) is 23.8. The Morgan fingerprint density at radius 1 is 1.15 bits per heavy atom. The van der Waals surface area contributed by atoms with Crippen molar-refractivity contribution in [1.29, 1.82) is 5.26 Å². The Morgan fingerprint density at radius 2 is 1.85 bits per heavy atom. The van der Waals surface area contributed by atoms with Crippen molar-refractivity contribution in [2.75, 3.05) is 13.2 Å². The number of rotatable bonds is 4. The summed E-state index contributed by atoms with van der Waals surface area (Å²) in [6, 6.07) is 13.7.